The quantitative estimate of drug-likeness (QED) is 0.910. The highest BCUT2D eigenvalue weighted by molar-refractivity contribution is 5.95. The molecule has 1 aliphatic rings. The minimum Gasteiger partial charge on any atom is -0.343 e. The van der Waals surface area contributed by atoms with Gasteiger partial charge >= 0.3 is 0 Å². The molecular formula is C15H18N4O2. The van der Waals surface area contributed by atoms with Crippen LogP contribution in [0.4, 0.5) is 5.69 Å². The molecule has 2 amide bonds. The Morgan fingerprint density at radius 3 is 2.76 bits per heavy atom. The van der Waals surface area contributed by atoms with Gasteiger partial charge in [-0.1, -0.05) is 0 Å². The molecule has 2 aromatic rings. The fourth-order valence-electron chi connectivity index (χ4n) is 2.74. The predicted molar refractivity (Wildman–Crippen MR) is 78.8 cm³/mol. The van der Waals surface area contributed by atoms with Crippen LogP contribution < -0.4 is 5.32 Å². The maximum atomic E-state index is 12.4. The number of rotatable bonds is 2. The standard InChI is InChI=1S/C15H18N4O2/c1-11(20)18-8-4-12(5-9-18)15(21)17-13-3-2-7-19-10-6-16-14(13)19/h2-3,6-7,10,12H,4-5,8-9H2,1H3,(H,17,21). The predicted octanol–water partition coefficient (Wildman–Crippen LogP) is 1.53. The summed E-state index contributed by atoms with van der Waals surface area (Å²) in [5.41, 5.74) is 1.47. The highest BCUT2D eigenvalue weighted by atomic mass is 16.2. The van der Waals surface area contributed by atoms with Crippen molar-refractivity contribution in [3.05, 3.63) is 30.7 Å². The number of carbonyl (C=O) groups is 2. The zero-order valence-corrected chi connectivity index (χ0v) is 12.0. The largest absolute Gasteiger partial charge is 0.343 e. The molecule has 1 aliphatic heterocycles. The molecule has 21 heavy (non-hydrogen) atoms. The zero-order chi connectivity index (χ0) is 14.8. The molecule has 6 heteroatoms. The van der Waals surface area contributed by atoms with E-state index in [1.807, 2.05) is 28.9 Å². The maximum absolute atomic E-state index is 12.4. The summed E-state index contributed by atoms with van der Waals surface area (Å²) < 4.78 is 1.87. The number of hydrogen-bond donors (Lipinski definition) is 1. The monoisotopic (exact) mass is 286 g/mol. The maximum Gasteiger partial charge on any atom is 0.227 e. The molecule has 0 atom stereocenters. The van der Waals surface area contributed by atoms with Crippen molar-refractivity contribution in [3.8, 4) is 0 Å². The lowest BCUT2D eigenvalue weighted by Gasteiger charge is -2.30. The number of aromatic nitrogens is 2. The Labute approximate surface area is 122 Å². The van der Waals surface area contributed by atoms with Crippen molar-refractivity contribution in [2.75, 3.05) is 18.4 Å². The van der Waals surface area contributed by atoms with E-state index in [-0.39, 0.29) is 17.7 Å². The molecule has 0 aliphatic carbocycles. The van der Waals surface area contributed by atoms with Crippen LogP contribution in [0.3, 0.4) is 0 Å². The molecule has 3 heterocycles. The highest BCUT2D eigenvalue weighted by Crippen LogP contribution is 2.21. The van der Waals surface area contributed by atoms with Gasteiger partial charge in [-0.25, -0.2) is 4.98 Å². The van der Waals surface area contributed by atoms with Crippen LogP contribution in [-0.2, 0) is 9.59 Å². The van der Waals surface area contributed by atoms with E-state index < -0.39 is 0 Å². The lowest BCUT2D eigenvalue weighted by molar-refractivity contribution is -0.132. The number of amides is 2. The van der Waals surface area contributed by atoms with E-state index >= 15 is 0 Å². The third-order valence-electron chi connectivity index (χ3n) is 3.99. The van der Waals surface area contributed by atoms with Gasteiger partial charge in [0, 0.05) is 44.5 Å². The first-order valence-corrected chi connectivity index (χ1v) is 7.13. The molecule has 1 saturated heterocycles. The zero-order valence-electron chi connectivity index (χ0n) is 12.0. The summed E-state index contributed by atoms with van der Waals surface area (Å²) >= 11 is 0. The molecule has 6 nitrogen and oxygen atoms in total. The van der Waals surface area contributed by atoms with Gasteiger partial charge in [0.05, 0.1) is 5.69 Å². The van der Waals surface area contributed by atoms with Gasteiger partial charge in [0.25, 0.3) is 0 Å². The highest BCUT2D eigenvalue weighted by Gasteiger charge is 2.26. The number of carbonyl (C=O) groups excluding carboxylic acids is 2. The number of pyridine rings is 1. The average Bonchev–Trinajstić information content (AvgIpc) is 2.97. The fourth-order valence-corrected chi connectivity index (χ4v) is 2.74. The van der Waals surface area contributed by atoms with Gasteiger partial charge in [0.1, 0.15) is 0 Å². The average molecular weight is 286 g/mol. The van der Waals surface area contributed by atoms with Crippen LogP contribution in [-0.4, -0.2) is 39.2 Å². The summed E-state index contributed by atoms with van der Waals surface area (Å²) in [5, 5.41) is 2.96. The number of nitrogens with one attached hydrogen (secondary N) is 1. The van der Waals surface area contributed by atoms with Gasteiger partial charge < -0.3 is 14.6 Å². The molecule has 3 rings (SSSR count). The molecule has 1 fully saturated rings. The van der Waals surface area contributed by atoms with Gasteiger partial charge in [-0.3, -0.25) is 9.59 Å². The molecule has 0 aromatic carbocycles. The van der Waals surface area contributed by atoms with Crippen LogP contribution in [0.1, 0.15) is 19.8 Å². The number of nitrogens with zero attached hydrogens (tertiary/aromatic N) is 3. The second kappa shape index (κ2) is 5.55. The van der Waals surface area contributed by atoms with E-state index in [1.165, 1.54) is 0 Å². The Balaban J connectivity index is 1.67. The molecule has 0 bridgehead atoms. The van der Waals surface area contributed by atoms with Crippen LogP contribution in [0.25, 0.3) is 5.65 Å². The summed E-state index contributed by atoms with van der Waals surface area (Å²) in [6, 6.07) is 3.73. The van der Waals surface area contributed by atoms with Crippen molar-refractivity contribution < 1.29 is 9.59 Å². The van der Waals surface area contributed by atoms with Crippen LogP contribution in [0.2, 0.25) is 0 Å². The fraction of sp³-hybridized carbons (Fsp3) is 0.400. The number of likely N-dealkylation sites (tertiary alicyclic amines) is 1. The van der Waals surface area contributed by atoms with E-state index in [2.05, 4.69) is 10.3 Å². The summed E-state index contributed by atoms with van der Waals surface area (Å²) in [7, 11) is 0. The number of fused-ring (bicyclic) bond motifs is 1. The second-order valence-corrected chi connectivity index (χ2v) is 5.35. The normalized spacial score (nSPS) is 16.1. The summed E-state index contributed by atoms with van der Waals surface area (Å²) in [5.74, 6) is 0.0427. The Bertz CT molecular complexity index is 671. The van der Waals surface area contributed by atoms with Gasteiger partial charge in [-0.05, 0) is 25.0 Å². The van der Waals surface area contributed by atoms with Crippen LogP contribution in [0.5, 0.6) is 0 Å². The first-order valence-electron chi connectivity index (χ1n) is 7.13. The lowest BCUT2D eigenvalue weighted by atomic mass is 9.96. The molecule has 110 valence electrons. The Morgan fingerprint density at radius 2 is 2.05 bits per heavy atom. The molecule has 0 unspecified atom stereocenters. The number of imidazole rings is 1. The van der Waals surface area contributed by atoms with Crippen molar-refractivity contribution >= 4 is 23.1 Å². The van der Waals surface area contributed by atoms with Crippen molar-refractivity contribution in [3.63, 3.8) is 0 Å². The van der Waals surface area contributed by atoms with Crippen LogP contribution in [0, 0.1) is 5.92 Å². The Hall–Kier alpha value is -2.37. The van der Waals surface area contributed by atoms with E-state index in [1.54, 1.807) is 18.0 Å². The van der Waals surface area contributed by atoms with E-state index in [4.69, 9.17) is 0 Å². The van der Waals surface area contributed by atoms with Crippen molar-refractivity contribution in [2.45, 2.75) is 19.8 Å². The van der Waals surface area contributed by atoms with Gasteiger partial charge in [0.2, 0.25) is 11.8 Å². The SMILES string of the molecule is CC(=O)N1CCC(C(=O)Nc2cccn3ccnc23)CC1. The van der Waals surface area contributed by atoms with Crippen LogP contribution in [0.15, 0.2) is 30.7 Å². The van der Waals surface area contributed by atoms with Crippen molar-refractivity contribution in [1.82, 2.24) is 14.3 Å². The Morgan fingerprint density at radius 1 is 1.29 bits per heavy atom. The smallest absolute Gasteiger partial charge is 0.227 e. The van der Waals surface area contributed by atoms with E-state index in [0.29, 0.717) is 25.9 Å². The molecule has 0 spiro atoms. The van der Waals surface area contributed by atoms with Crippen LogP contribution >= 0.6 is 0 Å². The molecule has 0 saturated carbocycles. The topological polar surface area (TPSA) is 66.7 Å². The first kappa shape index (κ1) is 13.6. The molecular weight excluding hydrogens is 268 g/mol. The van der Waals surface area contributed by atoms with Gasteiger partial charge in [-0.2, -0.15) is 0 Å². The van der Waals surface area contributed by atoms with E-state index in [0.717, 1.165) is 11.3 Å². The second-order valence-electron chi connectivity index (χ2n) is 5.35. The minimum atomic E-state index is -0.0455. The lowest BCUT2D eigenvalue weighted by Crippen LogP contribution is -2.40. The number of piperidine rings is 1. The molecule has 0 radical (unpaired) electrons. The van der Waals surface area contributed by atoms with Crippen molar-refractivity contribution in [2.24, 2.45) is 5.92 Å². The third-order valence-corrected chi connectivity index (χ3v) is 3.99. The minimum absolute atomic E-state index is 0.00861. The van der Waals surface area contributed by atoms with Crippen molar-refractivity contribution in [1.29, 1.82) is 0 Å². The molecule has 1 N–H and O–H groups in total. The van der Waals surface area contributed by atoms with Gasteiger partial charge in [0.15, 0.2) is 5.65 Å². The van der Waals surface area contributed by atoms with E-state index in [9.17, 15) is 9.59 Å². The first-order chi connectivity index (χ1) is 10.1. The third kappa shape index (κ3) is 2.74. The summed E-state index contributed by atoms with van der Waals surface area (Å²) in [6.07, 6.45) is 6.86. The van der Waals surface area contributed by atoms with Gasteiger partial charge in [-0.15, -0.1) is 0 Å². The number of hydrogen-bond acceptors (Lipinski definition) is 3. The summed E-state index contributed by atoms with van der Waals surface area (Å²) in [6.45, 7) is 2.88. The summed E-state index contributed by atoms with van der Waals surface area (Å²) in [4.78, 5) is 29.7. The Kier molecular flexibility index (Phi) is 3.60. The molecule has 2 aromatic heterocycles. The number of anilines is 1.